The van der Waals surface area contributed by atoms with E-state index in [1.165, 1.54) is 12.1 Å². The Morgan fingerprint density at radius 2 is 1.89 bits per heavy atom. The molecule has 1 aliphatic rings. The molecule has 1 N–H and O–H groups in total. The number of nitrogens with zero attached hydrogens (tertiary/aromatic N) is 1. The Labute approximate surface area is 110 Å². The smallest absolute Gasteiger partial charge is 0.235 e. The Kier molecular flexibility index (Phi) is 2.82. The minimum atomic E-state index is -3.45. The average molecular weight is 280 g/mol. The zero-order valence-electron chi connectivity index (χ0n) is 10.1. The van der Waals surface area contributed by atoms with Crippen LogP contribution in [0.2, 0.25) is 0 Å². The van der Waals surface area contributed by atoms with Gasteiger partial charge in [-0.25, -0.2) is 12.8 Å². The molecule has 1 saturated carbocycles. The van der Waals surface area contributed by atoms with Crippen LogP contribution in [0.1, 0.15) is 12.8 Å². The Hall–Kier alpha value is -1.82. The number of halogens is 1. The van der Waals surface area contributed by atoms with Crippen LogP contribution in [0, 0.1) is 5.82 Å². The molecule has 0 atom stereocenters. The fourth-order valence-electron chi connectivity index (χ4n) is 1.87. The van der Waals surface area contributed by atoms with Crippen LogP contribution in [0.3, 0.4) is 0 Å². The second-order valence-electron chi connectivity index (χ2n) is 4.60. The van der Waals surface area contributed by atoms with E-state index in [0.29, 0.717) is 18.5 Å². The number of hydrogen-bond donors (Lipinski definition) is 1. The van der Waals surface area contributed by atoms with E-state index in [1.54, 1.807) is 10.6 Å². The SMILES string of the molecule is O=S(=O)(Nc1cc(-n2cccc2)ccc1F)C1CC1. The molecule has 0 unspecified atom stereocenters. The minimum Gasteiger partial charge on any atom is -0.324 e. The maximum absolute atomic E-state index is 13.7. The largest absolute Gasteiger partial charge is 0.324 e. The summed E-state index contributed by atoms with van der Waals surface area (Å²) in [5, 5.41) is -0.373. The van der Waals surface area contributed by atoms with Crippen molar-refractivity contribution in [2.45, 2.75) is 18.1 Å². The fraction of sp³-hybridized carbons (Fsp3) is 0.231. The van der Waals surface area contributed by atoms with E-state index >= 15 is 0 Å². The normalized spacial score (nSPS) is 15.4. The zero-order valence-corrected chi connectivity index (χ0v) is 10.9. The van der Waals surface area contributed by atoms with Crippen molar-refractivity contribution in [2.75, 3.05) is 4.72 Å². The van der Waals surface area contributed by atoms with Crippen LogP contribution in [-0.2, 0) is 10.0 Å². The van der Waals surface area contributed by atoms with E-state index < -0.39 is 15.8 Å². The first kappa shape index (κ1) is 12.2. The number of hydrogen-bond acceptors (Lipinski definition) is 2. The molecule has 6 heteroatoms. The molecule has 1 fully saturated rings. The fourth-order valence-corrected chi connectivity index (χ4v) is 3.26. The van der Waals surface area contributed by atoms with E-state index in [4.69, 9.17) is 0 Å². The van der Waals surface area contributed by atoms with Gasteiger partial charge in [-0.2, -0.15) is 0 Å². The van der Waals surface area contributed by atoms with Crippen LogP contribution in [0.4, 0.5) is 10.1 Å². The van der Waals surface area contributed by atoms with Gasteiger partial charge < -0.3 is 4.57 Å². The van der Waals surface area contributed by atoms with Gasteiger partial charge in [0.1, 0.15) is 5.82 Å². The van der Waals surface area contributed by atoms with Crippen molar-refractivity contribution in [3.05, 3.63) is 48.5 Å². The highest BCUT2D eigenvalue weighted by atomic mass is 32.2. The van der Waals surface area contributed by atoms with Crippen molar-refractivity contribution in [3.63, 3.8) is 0 Å². The van der Waals surface area contributed by atoms with E-state index in [2.05, 4.69) is 4.72 Å². The third kappa shape index (κ3) is 2.49. The van der Waals surface area contributed by atoms with Crippen LogP contribution in [0.5, 0.6) is 0 Å². The van der Waals surface area contributed by atoms with Gasteiger partial charge in [0, 0.05) is 18.1 Å². The van der Waals surface area contributed by atoms with Crippen molar-refractivity contribution < 1.29 is 12.8 Å². The molecule has 100 valence electrons. The highest BCUT2D eigenvalue weighted by molar-refractivity contribution is 7.93. The quantitative estimate of drug-likeness (QED) is 0.935. The predicted octanol–water partition coefficient (Wildman–Crippen LogP) is 2.52. The monoisotopic (exact) mass is 280 g/mol. The van der Waals surface area contributed by atoms with Crippen molar-refractivity contribution in [1.29, 1.82) is 0 Å². The van der Waals surface area contributed by atoms with Crippen molar-refractivity contribution in [1.82, 2.24) is 4.57 Å². The van der Waals surface area contributed by atoms with Crippen molar-refractivity contribution >= 4 is 15.7 Å². The van der Waals surface area contributed by atoms with Crippen LogP contribution in [0.25, 0.3) is 5.69 Å². The van der Waals surface area contributed by atoms with Gasteiger partial charge in [-0.1, -0.05) is 0 Å². The Balaban J connectivity index is 1.94. The Bertz CT molecular complexity index is 691. The van der Waals surface area contributed by atoms with E-state index in [0.717, 1.165) is 0 Å². The summed E-state index contributed by atoms with van der Waals surface area (Å²) in [5.41, 5.74) is 0.706. The van der Waals surface area contributed by atoms with Crippen molar-refractivity contribution in [3.8, 4) is 5.69 Å². The molecular weight excluding hydrogens is 267 g/mol. The number of aromatic nitrogens is 1. The topological polar surface area (TPSA) is 51.1 Å². The van der Waals surface area contributed by atoms with Gasteiger partial charge in [-0.3, -0.25) is 4.72 Å². The predicted molar refractivity (Wildman–Crippen MR) is 71.3 cm³/mol. The summed E-state index contributed by atoms with van der Waals surface area (Å²) in [6.45, 7) is 0. The lowest BCUT2D eigenvalue weighted by Gasteiger charge is -2.10. The summed E-state index contributed by atoms with van der Waals surface area (Å²) in [4.78, 5) is 0. The lowest BCUT2D eigenvalue weighted by Crippen LogP contribution is -2.18. The summed E-state index contributed by atoms with van der Waals surface area (Å²) in [7, 11) is -3.45. The summed E-state index contributed by atoms with van der Waals surface area (Å²) >= 11 is 0. The van der Waals surface area contributed by atoms with Gasteiger partial charge in [0.2, 0.25) is 10.0 Å². The Morgan fingerprint density at radius 1 is 1.21 bits per heavy atom. The summed E-state index contributed by atoms with van der Waals surface area (Å²) in [6.07, 6.45) is 4.92. The molecule has 0 spiro atoms. The standard InChI is InChI=1S/C13H13FN2O2S/c14-12-6-3-10(16-7-1-2-8-16)9-13(12)15-19(17,18)11-4-5-11/h1-3,6-9,11,15H,4-5H2. The number of rotatable bonds is 4. The molecule has 1 aliphatic carbocycles. The minimum absolute atomic E-state index is 0.00176. The summed E-state index contributed by atoms with van der Waals surface area (Å²) < 4.78 is 41.5. The summed E-state index contributed by atoms with van der Waals surface area (Å²) in [6, 6.07) is 8.05. The van der Waals surface area contributed by atoms with Crippen LogP contribution < -0.4 is 4.72 Å². The third-order valence-corrected chi connectivity index (χ3v) is 4.92. The lowest BCUT2D eigenvalue weighted by atomic mass is 10.2. The van der Waals surface area contributed by atoms with Gasteiger partial charge in [0.05, 0.1) is 10.9 Å². The highest BCUT2D eigenvalue weighted by Gasteiger charge is 2.36. The van der Waals surface area contributed by atoms with Crippen molar-refractivity contribution in [2.24, 2.45) is 0 Å². The molecule has 0 aliphatic heterocycles. The molecule has 4 nitrogen and oxygen atoms in total. The van der Waals surface area contributed by atoms with Gasteiger partial charge in [0.25, 0.3) is 0 Å². The Morgan fingerprint density at radius 3 is 2.53 bits per heavy atom. The van der Waals surface area contributed by atoms with Crippen LogP contribution in [0.15, 0.2) is 42.7 Å². The van der Waals surface area contributed by atoms with E-state index in [-0.39, 0.29) is 10.9 Å². The molecule has 0 bridgehead atoms. The molecule has 1 aromatic carbocycles. The molecule has 0 amide bonds. The van der Waals surface area contributed by atoms with Gasteiger partial charge in [-0.15, -0.1) is 0 Å². The maximum Gasteiger partial charge on any atom is 0.235 e. The van der Waals surface area contributed by atoms with Crippen LogP contribution >= 0.6 is 0 Å². The molecule has 1 heterocycles. The van der Waals surface area contributed by atoms with Gasteiger partial charge in [0.15, 0.2) is 0 Å². The second-order valence-corrected chi connectivity index (χ2v) is 6.56. The number of anilines is 1. The third-order valence-electron chi connectivity index (χ3n) is 3.07. The van der Waals surface area contributed by atoms with Gasteiger partial charge >= 0.3 is 0 Å². The molecule has 3 rings (SSSR count). The first-order chi connectivity index (χ1) is 9.06. The lowest BCUT2D eigenvalue weighted by molar-refractivity contribution is 0.597. The summed E-state index contributed by atoms with van der Waals surface area (Å²) in [5.74, 6) is -0.569. The molecule has 0 saturated heterocycles. The maximum atomic E-state index is 13.7. The molecule has 0 radical (unpaired) electrons. The highest BCUT2D eigenvalue weighted by Crippen LogP contribution is 2.30. The molecule has 2 aromatic rings. The molecular formula is C13H13FN2O2S. The van der Waals surface area contributed by atoms with Crippen LogP contribution in [-0.4, -0.2) is 18.2 Å². The first-order valence-electron chi connectivity index (χ1n) is 6.01. The number of nitrogens with one attached hydrogen (secondary N) is 1. The second kappa shape index (κ2) is 4.38. The van der Waals surface area contributed by atoms with E-state index in [9.17, 15) is 12.8 Å². The van der Waals surface area contributed by atoms with E-state index in [1.807, 2.05) is 24.5 Å². The first-order valence-corrected chi connectivity index (χ1v) is 7.55. The zero-order chi connectivity index (χ0) is 13.5. The average Bonchev–Trinajstić information content (AvgIpc) is 3.10. The molecule has 1 aromatic heterocycles. The number of benzene rings is 1. The molecule has 19 heavy (non-hydrogen) atoms. The van der Waals surface area contributed by atoms with Gasteiger partial charge in [-0.05, 0) is 43.2 Å². The number of sulfonamides is 1.